The lowest BCUT2D eigenvalue weighted by atomic mass is 10.1. The van der Waals surface area contributed by atoms with Gasteiger partial charge in [-0.1, -0.05) is 37.0 Å². The Morgan fingerprint density at radius 1 is 0.972 bits per heavy atom. The van der Waals surface area contributed by atoms with E-state index in [4.69, 9.17) is 37.4 Å². The lowest BCUT2D eigenvalue weighted by Crippen LogP contribution is -2.17. The van der Waals surface area contributed by atoms with Crippen LogP contribution in [0.2, 0.25) is 10.0 Å². The van der Waals surface area contributed by atoms with Crippen LogP contribution in [-0.2, 0) is 11.3 Å². The van der Waals surface area contributed by atoms with Gasteiger partial charge in [0.2, 0.25) is 0 Å². The molecule has 0 radical (unpaired) electrons. The number of amides is 1. The molecule has 3 aromatic rings. The lowest BCUT2D eigenvalue weighted by molar-refractivity contribution is 0.0459. The molecule has 36 heavy (non-hydrogen) atoms. The highest BCUT2D eigenvalue weighted by Gasteiger charge is 2.10. The number of hydrogen-bond donors (Lipinski definition) is 1. The zero-order chi connectivity index (χ0) is 26.1. The average Bonchev–Trinajstić information content (AvgIpc) is 2.88. The van der Waals surface area contributed by atoms with Crippen molar-refractivity contribution in [1.29, 1.82) is 0 Å². The molecule has 0 unspecified atom stereocenters. The van der Waals surface area contributed by atoms with E-state index in [1.165, 1.54) is 12.3 Å². The molecule has 0 spiro atoms. The van der Waals surface area contributed by atoms with E-state index in [1.54, 1.807) is 55.6 Å². The van der Waals surface area contributed by atoms with E-state index in [2.05, 4.69) is 10.5 Å². The quantitative estimate of drug-likeness (QED) is 0.193. The Bertz CT molecular complexity index is 1240. The van der Waals surface area contributed by atoms with Crippen LogP contribution < -0.4 is 14.9 Å². The summed E-state index contributed by atoms with van der Waals surface area (Å²) in [5, 5.41) is 4.66. The predicted octanol–water partition coefficient (Wildman–Crippen LogP) is 6.16. The van der Waals surface area contributed by atoms with Gasteiger partial charge in [0.25, 0.3) is 5.91 Å². The summed E-state index contributed by atoms with van der Waals surface area (Å²) in [6, 6.07) is 16.7. The van der Waals surface area contributed by atoms with E-state index >= 15 is 0 Å². The van der Waals surface area contributed by atoms with Crippen molar-refractivity contribution in [3.63, 3.8) is 0 Å². The molecular formula is C27H26Cl2N2O5. The van der Waals surface area contributed by atoms with Gasteiger partial charge in [-0.2, -0.15) is 5.10 Å². The molecule has 0 saturated carbocycles. The second-order valence-electron chi connectivity index (χ2n) is 8.20. The Balaban J connectivity index is 1.61. The molecule has 0 saturated heterocycles. The molecule has 1 amide bonds. The fourth-order valence-corrected chi connectivity index (χ4v) is 3.33. The van der Waals surface area contributed by atoms with Gasteiger partial charge in [0.05, 0.1) is 35.5 Å². The van der Waals surface area contributed by atoms with Crippen LogP contribution in [0.25, 0.3) is 0 Å². The van der Waals surface area contributed by atoms with Crippen LogP contribution >= 0.6 is 23.2 Å². The Labute approximate surface area is 220 Å². The maximum Gasteiger partial charge on any atom is 0.338 e. The van der Waals surface area contributed by atoms with Gasteiger partial charge in [-0.15, -0.1) is 0 Å². The third kappa shape index (κ3) is 7.73. The molecule has 0 bridgehead atoms. The number of hydrogen-bond acceptors (Lipinski definition) is 6. The standard InChI is InChI=1S/C27H26Cl2N2O5/c1-17(2)15-36-27(33)19-5-8-22(9-6-19)35-16-21-12-18(4-11-25(21)34-3)14-30-31-26(32)20-7-10-23(28)24(29)13-20/h4-14,17H,15-16H2,1-3H3,(H,31,32)/b30-14+. The van der Waals surface area contributed by atoms with Crippen molar-refractivity contribution in [2.75, 3.05) is 13.7 Å². The molecule has 0 aromatic heterocycles. The first-order valence-corrected chi connectivity index (χ1v) is 11.9. The predicted molar refractivity (Wildman–Crippen MR) is 140 cm³/mol. The first kappa shape index (κ1) is 27.0. The molecule has 9 heteroatoms. The van der Waals surface area contributed by atoms with Gasteiger partial charge in [-0.05, 0) is 72.1 Å². The second-order valence-corrected chi connectivity index (χ2v) is 9.02. The molecule has 0 aliphatic rings. The third-order valence-electron chi connectivity index (χ3n) is 4.90. The summed E-state index contributed by atoms with van der Waals surface area (Å²) in [6.45, 7) is 4.55. The second kappa shape index (κ2) is 13.0. The zero-order valence-electron chi connectivity index (χ0n) is 20.1. The molecule has 0 fully saturated rings. The first-order valence-electron chi connectivity index (χ1n) is 11.1. The fraction of sp³-hybridized carbons (Fsp3) is 0.222. The molecule has 3 rings (SSSR count). The molecule has 0 heterocycles. The molecule has 0 aliphatic carbocycles. The highest BCUT2D eigenvalue weighted by atomic mass is 35.5. The molecule has 188 valence electrons. The number of carbonyl (C=O) groups excluding carboxylic acids is 2. The van der Waals surface area contributed by atoms with Crippen LogP contribution in [-0.4, -0.2) is 31.8 Å². The summed E-state index contributed by atoms with van der Waals surface area (Å²) >= 11 is 11.8. The smallest absolute Gasteiger partial charge is 0.338 e. The van der Waals surface area contributed by atoms with E-state index in [1.807, 2.05) is 19.9 Å². The van der Waals surface area contributed by atoms with Crippen LogP contribution in [0.1, 0.15) is 45.7 Å². The number of esters is 1. The summed E-state index contributed by atoms with van der Waals surface area (Å²) in [6.07, 6.45) is 1.51. The van der Waals surface area contributed by atoms with Crippen molar-refractivity contribution in [2.24, 2.45) is 11.0 Å². The number of carbonyl (C=O) groups is 2. The SMILES string of the molecule is COc1ccc(/C=N/NC(=O)c2ccc(Cl)c(Cl)c2)cc1COc1ccc(C(=O)OCC(C)C)cc1. The molecule has 3 aromatic carbocycles. The van der Waals surface area contributed by atoms with Crippen molar-refractivity contribution < 1.29 is 23.8 Å². The number of hydrazone groups is 1. The van der Waals surface area contributed by atoms with Crippen LogP contribution in [0.4, 0.5) is 0 Å². The molecule has 0 aliphatic heterocycles. The molecular weight excluding hydrogens is 503 g/mol. The molecule has 0 atom stereocenters. The largest absolute Gasteiger partial charge is 0.496 e. The first-order chi connectivity index (χ1) is 17.3. The minimum absolute atomic E-state index is 0.220. The van der Waals surface area contributed by atoms with Crippen molar-refractivity contribution in [2.45, 2.75) is 20.5 Å². The summed E-state index contributed by atoms with van der Waals surface area (Å²) < 4.78 is 16.5. The van der Waals surface area contributed by atoms with Crippen LogP contribution in [0.5, 0.6) is 11.5 Å². The highest BCUT2D eigenvalue weighted by Crippen LogP contribution is 2.23. The van der Waals surface area contributed by atoms with Crippen LogP contribution in [0.3, 0.4) is 0 Å². The number of rotatable bonds is 10. The van der Waals surface area contributed by atoms with Crippen LogP contribution in [0, 0.1) is 5.92 Å². The maximum absolute atomic E-state index is 12.3. The van der Waals surface area contributed by atoms with Gasteiger partial charge in [0.15, 0.2) is 0 Å². The Kier molecular flexibility index (Phi) is 9.73. The summed E-state index contributed by atoms with van der Waals surface area (Å²) in [5.74, 6) is 0.714. The van der Waals surface area contributed by atoms with Crippen molar-refractivity contribution in [3.8, 4) is 11.5 Å². The molecule has 7 nitrogen and oxygen atoms in total. The van der Waals surface area contributed by atoms with Crippen LogP contribution in [0.15, 0.2) is 65.8 Å². The topological polar surface area (TPSA) is 86.2 Å². The van der Waals surface area contributed by atoms with Gasteiger partial charge in [0.1, 0.15) is 18.1 Å². The normalized spacial score (nSPS) is 10.9. The zero-order valence-corrected chi connectivity index (χ0v) is 21.6. The van der Waals surface area contributed by atoms with Gasteiger partial charge in [0, 0.05) is 11.1 Å². The number of nitrogens with one attached hydrogen (secondary N) is 1. The number of nitrogens with zero attached hydrogens (tertiary/aromatic N) is 1. The summed E-state index contributed by atoms with van der Waals surface area (Å²) in [4.78, 5) is 24.3. The molecule has 1 N–H and O–H groups in total. The van der Waals surface area contributed by atoms with E-state index in [-0.39, 0.29) is 23.5 Å². The van der Waals surface area contributed by atoms with Crippen molar-refractivity contribution in [1.82, 2.24) is 5.43 Å². The summed E-state index contributed by atoms with van der Waals surface area (Å²) in [5.41, 5.74) is 4.76. The van der Waals surface area contributed by atoms with Gasteiger partial charge < -0.3 is 14.2 Å². The van der Waals surface area contributed by atoms with Crippen molar-refractivity contribution >= 4 is 41.3 Å². The minimum Gasteiger partial charge on any atom is -0.496 e. The highest BCUT2D eigenvalue weighted by molar-refractivity contribution is 6.42. The van der Waals surface area contributed by atoms with Gasteiger partial charge >= 0.3 is 5.97 Å². The Morgan fingerprint density at radius 2 is 1.69 bits per heavy atom. The monoisotopic (exact) mass is 528 g/mol. The minimum atomic E-state index is -0.418. The summed E-state index contributed by atoms with van der Waals surface area (Å²) in [7, 11) is 1.57. The van der Waals surface area contributed by atoms with E-state index < -0.39 is 5.91 Å². The number of halogens is 2. The number of benzene rings is 3. The Hall–Kier alpha value is -3.55. The van der Waals surface area contributed by atoms with Gasteiger partial charge in [-0.3, -0.25) is 4.79 Å². The Morgan fingerprint density at radius 3 is 2.36 bits per heavy atom. The van der Waals surface area contributed by atoms with E-state index in [0.717, 1.165) is 11.1 Å². The van der Waals surface area contributed by atoms with E-state index in [9.17, 15) is 9.59 Å². The fourth-order valence-electron chi connectivity index (χ4n) is 3.03. The average molecular weight is 529 g/mol. The third-order valence-corrected chi connectivity index (χ3v) is 5.64. The number of ether oxygens (including phenoxy) is 3. The number of methoxy groups -OCH3 is 1. The maximum atomic E-state index is 12.3. The van der Waals surface area contributed by atoms with Gasteiger partial charge in [-0.25, -0.2) is 10.2 Å². The lowest BCUT2D eigenvalue weighted by Gasteiger charge is -2.12. The van der Waals surface area contributed by atoms with E-state index in [0.29, 0.717) is 34.3 Å². The van der Waals surface area contributed by atoms with Crippen molar-refractivity contribution in [3.05, 3.63) is 93.0 Å².